The minimum absolute atomic E-state index is 0.182. The highest BCUT2D eigenvalue weighted by Gasteiger charge is 2.22. The van der Waals surface area contributed by atoms with Gasteiger partial charge in [0.1, 0.15) is 11.4 Å². The molecule has 2 heterocycles. The van der Waals surface area contributed by atoms with Crippen molar-refractivity contribution >= 4 is 5.91 Å². The fourth-order valence-corrected chi connectivity index (χ4v) is 2.71. The van der Waals surface area contributed by atoms with Gasteiger partial charge in [0.25, 0.3) is 11.5 Å². The molecule has 7 heteroatoms. The molecule has 0 saturated heterocycles. The average molecular weight is 342 g/mol. The van der Waals surface area contributed by atoms with Crippen LogP contribution in [-0.4, -0.2) is 27.5 Å². The minimum atomic E-state index is -0.303. The van der Waals surface area contributed by atoms with Crippen LogP contribution < -0.4 is 15.6 Å². The van der Waals surface area contributed by atoms with Gasteiger partial charge in [-0.3, -0.25) is 9.59 Å². The van der Waals surface area contributed by atoms with Crippen molar-refractivity contribution in [3.05, 3.63) is 51.3 Å². The molecule has 0 spiro atoms. The zero-order chi connectivity index (χ0) is 17.8. The number of carbonyl (C=O) groups excluding carboxylic acids is 1. The Morgan fingerprint density at radius 2 is 2.16 bits per heavy atom. The monoisotopic (exact) mass is 342 g/mol. The Kier molecular flexibility index (Phi) is 5.11. The molecule has 1 aliphatic carbocycles. The number of carbonyl (C=O) groups is 1. The van der Waals surface area contributed by atoms with E-state index in [2.05, 4.69) is 20.3 Å². The SMILES string of the molecule is CCOc1nc(C)ccc1C(=O)NCc1cc(=O)[nH]c(C2CCC2)n1. The number of pyridine rings is 1. The fraction of sp³-hybridized carbons (Fsp3) is 0.444. The summed E-state index contributed by atoms with van der Waals surface area (Å²) >= 11 is 0. The normalized spacial score (nSPS) is 14.0. The number of nitrogens with one attached hydrogen (secondary N) is 2. The van der Waals surface area contributed by atoms with Crippen LogP contribution in [0.25, 0.3) is 0 Å². The molecule has 2 aromatic rings. The molecule has 1 aliphatic rings. The second-order valence-electron chi connectivity index (χ2n) is 6.17. The number of hydrogen-bond donors (Lipinski definition) is 2. The maximum absolute atomic E-state index is 12.5. The third-order valence-corrected chi connectivity index (χ3v) is 4.26. The molecule has 1 amide bonds. The number of aromatic nitrogens is 3. The summed E-state index contributed by atoms with van der Waals surface area (Å²) in [6.07, 6.45) is 3.26. The zero-order valence-corrected chi connectivity index (χ0v) is 14.5. The second-order valence-corrected chi connectivity index (χ2v) is 6.17. The van der Waals surface area contributed by atoms with Gasteiger partial charge in [-0.25, -0.2) is 9.97 Å². The van der Waals surface area contributed by atoms with E-state index < -0.39 is 0 Å². The van der Waals surface area contributed by atoms with Crippen molar-refractivity contribution in [3.63, 3.8) is 0 Å². The van der Waals surface area contributed by atoms with Crippen molar-refractivity contribution in [1.29, 1.82) is 0 Å². The third kappa shape index (κ3) is 4.04. The van der Waals surface area contributed by atoms with Gasteiger partial charge in [-0.15, -0.1) is 0 Å². The van der Waals surface area contributed by atoms with E-state index in [0.29, 0.717) is 29.7 Å². The predicted octanol–water partition coefficient (Wildman–Crippen LogP) is 2.07. The van der Waals surface area contributed by atoms with Crippen LogP contribution in [0.15, 0.2) is 23.0 Å². The van der Waals surface area contributed by atoms with Crippen molar-refractivity contribution in [1.82, 2.24) is 20.3 Å². The van der Waals surface area contributed by atoms with E-state index >= 15 is 0 Å². The molecule has 3 rings (SSSR count). The Morgan fingerprint density at radius 1 is 1.36 bits per heavy atom. The molecule has 0 aromatic carbocycles. The summed E-state index contributed by atoms with van der Waals surface area (Å²) in [5.74, 6) is 1.06. The number of aryl methyl sites for hydroxylation is 1. The molecule has 1 fully saturated rings. The van der Waals surface area contributed by atoms with Crippen molar-refractivity contribution in [3.8, 4) is 5.88 Å². The standard InChI is InChI=1S/C18H22N4O3/c1-3-25-18-14(8-7-11(2)20-18)17(24)19-10-13-9-15(23)22-16(21-13)12-5-4-6-12/h7-9,12H,3-6,10H2,1-2H3,(H,19,24)(H,21,22,23). The first kappa shape index (κ1) is 17.1. The maximum atomic E-state index is 12.5. The molecular formula is C18H22N4O3. The van der Waals surface area contributed by atoms with Crippen LogP contribution in [0.3, 0.4) is 0 Å². The summed E-state index contributed by atoms with van der Waals surface area (Å²) in [6.45, 7) is 4.29. The van der Waals surface area contributed by atoms with E-state index in [1.54, 1.807) is 12.1 Å². The summed E-state index contributed by atoms with van der Waals surface area (Å²) < 4.78 is 5.44. The van der Waals surface area contributed by atoms with Crippen LogP contribution in [0.5, 0.6) is 5.88 Å². The first-order valence-corrected chi connectivity index (χ1v) is 8.55. The lowest BCUT2D eigenvalue weighted by Crippen LogP contribution is -2.27. The quantitative estimate of drug-likeness (QED) is 0.837. The van der Waals surface area contributed by atoms with Crippen molar-refractivity contribution in [2.24, 2.45) is 0 Å². The zero-order valence-electron chi connectivity index (χ0n) is 14.5. The first-order chi connectivity index (χ1) is 12.1. The molecule has 7 nitrogen and oxygen atoms in total. The minimum Gasteiger partial charge on any atom is -0.477 e. The van der Waals surface area contributed by atoms with Gasteiger partial charge in [0, 0.05) is 17.7 Å². The number of H-pyrrole nitrogens is 1. The number of nitrogens with zero attached hydrogens (tertiary/aromatic N) is 2. The molecule has 0 atom stereocenters. The lowest BCUT2D eigenvalue weighted by atomic mass is 9.85. The van der Waals surface area contributed by atoms with Crippen LogP contribution in [0.4, 0.5) is 0 Å². The summed E-state index contributed by atoms with van der Waals surface area (Å²) in [7, 11) is 0. The van der Waals surface area contributed by atoms with E-state index in [9.17, 15) is 9.59 Å². The second kappa shape index (κ2) is 7.46. The smallest absolute Gasteiger partial charge is 0.257 e. The number of rotatable bonds is 6. The summed E-state index contributed by atoms with van der Waals surface area (Å²) in [5.41, 5.74) is 1.52. The highest BCUT2D eigenvalue weighted by atomic mass is 16.5. The summed E-state index contributed by atoms with van der Waals surface area (Å²) in [6, 6.07) is 4.87. The molecular weight excluding hydrogens is 320 g/mol. The summed E-state index contributed by atoms with van der Waals surface area (Å²) in [4.78, 5) is 35.8. The van der Waals surface area contributed by atoms with Crippen LogP contribution >= 0.6 is 0 Å². The third-order valence-electron chi connectivity index (χ3n) is 4.26. The van der Waals surface area contributed by atoms with Crippen LogP contribution in [-0.2, 0) is 6.54 Å². The largest absolute Gasteiger partial charge is 0.477 e. The molecule has 0 radical (unpaired) electrons. The summed E-state index contributed by atoms with van der Waals surface area (Å²) in [5, 5.41) is 2.79. The molecule has 0 bridgehead atoms. The Hall–Kier alpha value is -2.70. The highest BCUT2D eigenvalue weighted by molar-refractivity contribution is 5.96. The topological polar surface area (TPSA) is 97.0 Å². The lowest BCUT2D eigenvalue weighted by molar-refractivity contribution is 0.0945. The van der Waals surface area contributed by atoms with Crippen molar-refractivity contribution in [2.75, 3.05) is 6.61 Å². The number of aromatic amines is 1. The Bertz CT molecular complexity index is 827. The molecule has 2 aromatic heterocycles. The predicted molar refractivity (Wildman–Crippen MR) is 92.8 cm³/mol. The van der Waals surface area contributed by atoms with Gasteiger partial charge in [0.05, 0.1) is 18.8 Å². The lowest BCUT2D eigenvalue weighted by Gasteiger charge is -2.24. The Labute approximate surface area is 145 Å². The van der Waals surface area contributed by atoms with E-state index in [1.807, 2.05) is 13.8 Å². The van der Waals surface area contributed by atoms with Crippen LogP contribution in [0.1, 0.15) is 59.7 Å². The van der Waals surface area contributed by atoms with Gasteiger partial charge in [-0.05, 0) is 38.8 Å². The van der Waals surface area contributed by atoms with Crippen LogP contribution in [0.2, 0.25) is 0 Å². The molecule has 132 valence electrons. The van der Waals surface area contributed by atoms with Crippen LogP contribution in [0, 0.1) is 6.92 Å². The first-order valence-electron chi connectivity index (χ1n) is 8.55. The highest BCUT2D eigenvalue weighted by Crippen LogP contribution is 2.33. The van der Waals surface area contributed by atoms with Gasteiger partial charge in [0.15, 0.2) is 0 Å². The van der Waals surface area contributed by atoms with E-state index in [-0.39, 0.29) is 18.0 Å². The Morgan fingerprint density at radius 3 is 2.84 bits per heavy atom. The van der Waals surface area contributed by atoms with Crippen molar-refractivity contribution in [2.45, 2.75) is 45.6 Å². The van der Waals surface area contributed by atoms with Gasteiger partial charge in [-0.1, -0.05) is 6.42 Å². The van der Waals surface area contributed by atoms with Gasteiger partial charge < -0.3 is 15.0 Å². The molecule has 1 saturated carbocycles. The number of hydrogen-bond acceptors (Lipinski definition) is 5. The molecule has 2 N–H and O–H groups in total. The fourth-order valence-electron chi connectivity index (χ4n) is 2.71. The molecule has 25 heavy (non-hydrogen) atoms. The average Bonchev–Trinajstić information content (AvgIpc) is 2.51. The number of amides is 1. The number of ether oxygens (including phenoxy) is 1. The molecule has 0 unspecified atom stereocenters. The van der Waals surface area contributed by atoms with Gasteiger partial charge >= 0.3 is 0 Å². The van der Waals surface area contributed by atoms with Gasteiger partial charge in [-0.2, -0.15) is 0 Å². The van der Waals surface area contributed by atoms with E-state index in [4.69, 9.17) is 4.74 Å². The van der Waals surface area contributed by atoms with Gasteiger partial charge in [0.2, 0.25) is 5.88 Å². The van der Waals surface area contributed by atoms with Crippen molar-refractivity contribution < 1.29 is 9.53 Å². The van der Waals surface area contributed by atoms with E-state index in [0.717, 1.165) is 30.8 Å². The molecule has 0 aliphatic heterocycles. The Balaban J connectivity index is 1.72. The van der Waals surface area contributed by atoms with E-state index in [1.165, 1.54) is 6.07 Å². The maximum Gasteiger partial charge on any atom is 0.257 e.